The first-order valence-corrected chi connectivity index (χ1v) is 9.13. The third-order valence-corrected chi connectivity index (χ3v) is 4.22. The van der Waals surface area contributed by atoms with E-state index in [1.807, 2.05) is 26.8 Å². The Morgan fingerprint density at radius 2 is 1.79 bits per heavy atom. The number of nitrogens with zero attached hydrogens (tertiary/aromatic N) is 1. The maximum atomic E-state index is 12.9. The minimum absolute atomic E-state index is 0.0345. The Balaban J connectivity index is 1.98. The predicted molar refractivity (Wildman–Crippen MR) is 109 cm³/mol. The van der Waals surface area contributed by atoms with Gasteiger partial charge in [0.1, 0.15) is 5.57 Å². The van der Waals surface area contributed by atoms with Crippen molar-refractivity contribution in [3.8, 4) is 11.5 Å². The van der Waals surface area contributed by atoms with E-state index in [1.54, 1.807) is 36.4 Å². The minimum Gasteiger partial charge on any atom is -0.493 e. The molecule has 1 aliphatic heterocycles. The van der Waals surface area contributed by atoms with Gasteiger partial charge < -0.3 is 9.47 Å². The number of barbiturate groups is 1. The van der Waals surface area contributed by atoms with Crippen LogP contribution in [0.2, 0.25) is 0 Å². The van der Waals surface area contributed by atoms with Crippen molar-refractivity contribution in [3.05, 3.63) is 59.2 Å². The lowest BCUT2D eigenvalue weighted by Gasteiger charge is -2.26. The van der Waals surface area contributed by atoms with Crippen LogP contribution in [-0.4, -0.2) is 31.1 Å². The molecule has 29 heavy (non-hydrogen) atoms. The first kappa shape index (κ1) is 20.1. The van der Waals surface area contributed by atoms with Crippen molar-refractivity contribution < 1.29 is 23.9 Å². The second-order valence-corrected chi connectivity index (χ2v) is 6.87. The van der Waals surface area contributed by atoms with Crippen LogP contribution in [-0.2, 0) is 9.59 Å². The number of ether oxygens (including phenoxy) is 2. The van der Waals surface area contributed by atoms with Gasteiger partial charge in [-0.2, -0.15) is 0 Å². The molecule has 1 aliphatic rings. The van der Waals surface area contributed by atoms with Crippen LogP contribution in [0.1, 0.15) is 25.0 Å². The Morgan fingerprint density at radius 1 is 1.03 bits per heavy atom. The molecule has 7 heteroatoms. The van der Waals surface area contributed by atoms with Crippen LogP contribution in [0.3, 0.4) is 0 Å². The van der Waals surface area contributed by atoms with Crippen LogP contribution >= 0.6 is 0 Å². The SMILES string of the molecule is COc1cc(/C=C2\C(=O)NC(=O)N(c3cccc(C)c3)C2=O)ccc1OC(C)C. The van der Waals surface area contributed by atoms with Gasteiger partial charge in [-0.3, -0.25) is 14.9 Å². The zero-order chi connectivity index (χ0) is 21.1. The van der Waals surface area contributed by atoms with Gasteiger partial charge in [0.2, 0.25) is 0 Å². The molecule has 1 N–H and O–H groups in total. The largest absolute Gasteiger partial charge is 0.493 e. The molecule has 1 heterocycles. The molecule has 150 valence electrons. The summed E-state index contributed by atoms with van der Waals surface area (Å²) in [6, 6.07) is 11.2. The first-order chi connectivity index (χ1) is 13.8. The van der Waals surface area contributed by atoms with E-state index in [0.717, 1.165) is 10.5 Å². The molecule has 7 nitrogen and oxygen atoms in total. The standard InChI is InChI=1S/C22H22N2O5/c1-13(2)29-18-9-8-15(12-19(18)28-4)11-17-20(25)23-22(27)24(21(17)26)16-7-5-6-14(3)10-16/h5-13H,1-4H3,(H,23,25,27)/b17-11+. The number of carbonyl (C=O) groups excluding carboxylic acids is 3. The van der Waals surface area contributed by atoms with E-state index >= 15 is 0 Å². The van der Waals surface area contributed by atoms with Crippen molar-refractivity contribution >= 4 is 29.6 Å². The highest BCUT2D eigenvalue weighted by Crippen LogP contribution is 2.30. The molecule has 2 aromatic rings. The maximum Gasteiger partial charge on any atom is 0.335 e. The molecule has 1 saturated heterocycles. The topological polar surface area (TPSA) is 84.9 Å². The lowest BCUT2D eigenvalue weighted by Crippen LogP contribution is -2.54. The molecule has 4 amide bonds. The highest BCUT2D eigenvalue weighted by atomic mass is 16.5. The van der Waals surface area contributed by atoms with Crippen LogP contribution < -0.4 is 19.7 Å². The fraction of sp³-hybridized carbons (Fsp3) is 0.227. The lowest BCUT2D eigenvalue weighted by atomic mass is 10.1. The van der Waals surface area contributed by atoms with Crippen LogP contribution in [0.4, 0.5) is 10.5 Å². The summed E-state index contributed by atoms with van der Waals surface area (Å²) < 4.78 is 11.0. The number of anilines is 1. The Hall–Kier alpha value is -3.61. The van der Waals surface area contributed by atoms with Crippen molar-refractivity contribution in [2.45, 2.75) is 26.9 Å². The van der Waals surface area contributed by atoms with Crippen molar-refractivity contribution in [2.24, 2.45) is 0 Å². The van der Waals surface area contributed by atoms with Gasteiger partial charge in [-0.1, -0.05) is 18.2 Å². The molecule has 2 aromatic carbocycles. The van der Waals surface area contributed by atoms with E-state index in [1.165, 1.54) is 13.2 Å². The van der Waals surface area contributed by atoms with Gasteiger partial charge in [-0.25, -0.2) is 9.69 Å². The predicted octanol–water partition coefficient (Wildman–Crippen LogP) is 3.46. The van der Waals surface area contributed by atoms with Crippen molar-refractivity contribution in [2.75, 3.05) is 12.0 Å². The smallest absolute Gasteiger partial charge is 0.335 e. The number of nitrogens with one attached hydrogen (secondary N) is 1. The highest BCUT2D eigenvalue weighted by molar-refractivity contribution is 6.39. The third-order valence-electron chi connectivity index (χ3n) is 4.22. The van der Waals surface area contributed by atoms with E-state index in [4.69, 9.17) is 9.47 Å². The monoisotopic (exact) mass is 394 g/mol. The molecule has 0 bridgehead atoms. The fourth-order valence-electron chi connectivity index (χ4n) is 2.95. The summed E-state index contributed by atoms with van der Waals surface area (Å²) in [5.41, 5.74) is 1.70. The molecule has 0 radical (unpaired) electrons. The second kappa shape index (κ2) is 8.18. The van der Waals surface area contributed by atoms with Gasteiger partial charge in [-0.15, -0.1) is 0 Å². The summed E-state index contributed by atoms with van der Waals surface area (Å²) in [4.78, 5) is 38.5. The molecule has 0 spiro atoms. The average Bonchev–Trinajstić information content (AvgIpc) is 2.65. The average molecular weight is 394 g/mol. The molecule has 0 aromatic heterocycles. The van der Waals surface area contributed by atoms with E-state index in [0.29, 0.717) is 22.7 Å². The summed E-state index contributed by atoms with van der Waals surface area (Å²) in [7, 11) is 1.51. The van der Waals surface area contributed by atoms with Gasteiger partial charge >= 0.3 is 6.03 Å². The Labute approximate surface area is 168 Å². The van der Waals surface area contributed by atoms with E-state index < -0.39 is 17.8 Å². The number of benzene rings is 2. The van der Waals surface area contributed by atoms with Crippen LogP contribution in [0.5, 0.6) is 11.5 Å². The van der Waals surface area contributed by atoms with Gasteiger partial charge in [-0.05, 0) is 62.2 Å². The quantitative estimate of drug-likeness (QED) is 0.620. The number of carbonyl (C=O) groups is 3. The molecule has 0 atom stereocenters. The number of imide groups is 2. The second-order valence-electron chi connectivity index (χ2n) is 6.87. The van der Waals surface area contributed by atoms with Crippen LogP contribution in [0, 0.1) is 6.92 Å². The summed E-state index contributed by atoms with van der Waals surface area (Å²) in [6.45, 7) is 5.65. The fourth-order valence-corrected chi connectivity index (χ4v) is 2.95. The summed E-state index contributed by atoms with van der Waals surface area (Å²) in [6.07, 6.45) is 1.39. The molecule has 3 rings (SSSR count). The van der Waals surface area contributed by atoms with E-state index in [9.17, 15) is 14.4 Å². The maximum absolute atomic E-state index is 12.9. The number of aryl methyl sites for hydroxylation is 1. The Morgan fingerprint density at radius 3 is 2.45 bits per heavy atom. The summed E-state index contributed by atoms with van der Waals surface area (Å²) >= 11 is 0. The number of hydrogen-bond donors (Lipinski definition) is 1. The number of methoxy groups -OCH3 is 1. The van der Waals surface area contributed by atoms with Gasteiger partial charge in [0, 0.05) is 0 Å². The third kappa shape index (κ3) is 4.29. The zero-order valence-corrected chi connectivity index (χ0v) is 16.7. The van der Waals surface area contributed by atoms with E-state index in [2.05, 4.69) is 5.32 Å². The molecule has 0 aliphatic carbocycles. The minimum atomic E-state index is -0.777. The van der Waals surface area contributed by atoms with Crippen molar-refractivity contribution in [1.82, 2.24) is 5.32 Å². The van der Waals surface area contributed by atoms with Crippen LogP contribution in [0.25, 0.3) is 6.08 Å². The summed E-state index contributed by atoms with van der Waals surface area (Å²) in [5, 5.41) is 2.22. The highest BCUT2D eigenvalue weighted by Gasteiger charge is 2.36. The van der Waals surface area contributed by atoms with E-state index in [-0.39, 0.29) is 11.7 Å². The normalized spacial score (nSPS) is 15.7. The van der Waals surface area contributed by atoms with Gasteiger partial charge in [0.15, 0.2) is 11.5 Å². The Kier molecular flexibility index (Phi) is 5.68. The molecular weight excluding hydrogens is 372 g/mol. The Bertz CT molecular complexity index is 1010. The molecule has 0 saturated carbocycles. The van der Waals surface area contributed by atoms with Gasteiger partial charge in [0.25, 0.3) is 11.8 Å². The van der Waals surface area contributed by atoms with Crippen molar-refractivity contribution in [1.29, 1.82) is 0 Å². The number of hydrogen-bond acceptors (Lipinski definition) is 5. The molecular formula is C22H22N2O5. The zero-order valence-electron chi connectivity index (χ0n) is 16.7. The lowest BCUT2D eigenvalue weighted by molar-refractivity contribution is -0.122. The number of rotatable bonds is 5. The number of amides is 4. The van der Waals surface area contributed by atoms with Crippen LogP contribution in [0.15, 0.2) is 48.0 Å². The van der Waals surface area contributed by atoms with Gasteiger partial charge in [0.05, 0.1) is 18.9 Å². The summed E-state index contributed by atoms with van der Waals surface area (Å²) in [5.74, 6) is -0.403. The van der Waals surface area contributed by atoms with Crippen molar-refractivity contribution in [3.63, 3.8) is 0 Å². The molecule has 1 fully saturated rings. The number of urea groups is 1. The molecule has 0 unspecified atom stereocenters. The first-order valence-electron chi connectivity index (χ1n) is 9.13.